The van der Waals surface area contributed by atoms with E-state index in [1.807, 2.05) is 0 Å². The Morgan fingerprint density at radius 1 is 1.11 bits per heavy atom. The molecule has 3 heteroatoms. The van der Waals surface area contributed by atoms with Crippen LogP contribution in [0.15, 0.2) is 0 Å². The lowest BCUT2D eigenvalue weighted by molar-refractivity contribution is -0.147. The van der Waals surface area contributed by atoms with Crippen molar-refractivity contribution in [2.45, 2.75) is 72.3 Å². The molecule has 0 unspecified atom stereocenters. The van der Waals surface area contributed by atoms with Crippen molar-refractivity contribution in [3.05, 3.63) is 0 Å². The summed E-state index contributed by atoms with van der Waals surface area (Å²) in [5.41, 5.74) is -0.464. The fourth-order valence-corrected chi connectivity index (χ4v) is 4.01. The molecule has 1 rings (SSSR count). The third-order valence-corrected chi connectivity index (χ3v) is 3.67. The Bertz CT molecular complexity index is 289. The van der Waals surface area contributed by atoms with Crippen LogP contribution in [0.2, 0.25) is 0 Å². The average molecular weight is 256 g/mol. The number of carbonyl (C=O) groups is 1. The van der Waals surface area contributed by atoms with Gasteiger partial charge in [-0.1, -0.05) is 27.7 Å². The van der Waals surface area contributed by atoms with Crippen molar-refractivity contribution >= 4 is 5.97 Å². The minimum atomic E-state index is -0.724. The first kappa shape index (κ1) is 15.5. The number of hydrogen-bond acceptors (Lipinski definition) is 3. The van der Waals surface area contributed by atoms with Gasteiger partial charge in [0.1, 0.15) is 0 Å². The molecule has 18 heavy (non-hydrogen) atoms. The van der Waals surface area contributed by atoms with E-state index in [1.165, 1.54) is 0 Å². The first-order chi connectivity index (χ1) is 8.08. The highest BCUT2D eigenvalue weighted by Crippen LogP contribution is 2.51. The molecule has 0 heterocycles. The summed E-state index contributed by atoms with van der Waals surface area (Å²) >= 11 is 0. The van der Waals surface area contributed by atoms with Crippen LogP contribution in [-0.2, 0) is 9.53 Å². The van der Waals surface area contributed by atoms with Crippen LogP contribution in [-0.4, -0.2) is 23.3 Å². The van der Waals surface area contributed by atoms with Crippen LogP contribution >= 0.6 is 0 Å². The van der Waals surface area contributed by atoms with Gasteiger partial charge in [0.05, 0.1) is 12.2 Å². The van der Waals surface area contributed by atoms with Crippen molar-refractivity contribution in [1.82, 2.24) is 0 Å². The van der Waals surface area contributed by atoms with Crippen molar-refractivity contribution in [1.29, 1.82) is 0 Å². The molecule has 0 aromatic heterocycles. The van der Waals surface area contributed by atoms with Gasteiger partial charge in [0, 0.05) is 6.42 Å². The van der Waals surface area contributed by atoms with E-state index in [0.717, 1.165) is 19.3 Å². The zero-order valence-corrected chi connectivity index (χ0v) is 12.5. The summed E-state index contributed by atoms with van der Waals surface area (Å²) in [6.07, 6.45) is 3.47. The van der Waals surface area contributed by atoms with Gasteiger partial charge in [0.2, 0.25) is 0 Å². The molecule has 0 saturated heterocycles. The molecule has 0 aromatic carbocycles. The fourth-order valence-electron chi connectivity index (χ4n) is 4.01. The first-order valence-electron chi connectivity index (χ1n) is 6.96. The van der Waals surface area contributed by atoms with E-state index in [2.05, 4.69) is 27.7 Å². The van der Waals surface area contributed by atoms with Gasteiger partial charge in [-0.2, -0.15) is 0 Å². The van der Waals surface area contributed by atoms with E-state index >= 15 is 0 Å². The van der Waals surface area contributed by atoms with Gasteiger partial charge >= 0.3 is 5.97 Å². The maximum Gasteiger partial charge on any atom is 0.305 e. The zero-order valence-electron chi connectivity index (χ0n) is 12.5. The molecule has 0 radical (unpaired) electrons. The number of aliphatic hydroxyl groups is 1. The minimum absolute atomic E-state index is 0.130. The molecule has 1 aliphatic carbocycles. The molecule has 3 nitrogen and oxygen atoms in total. The Hall–Kier alpha value is -0.570. The van der Waals surface area contributed by atoms with Crippen molar-refractivity contribution in [3.8, 4) is 0 Å². The van der Waals surface area contributed by atoms with Crippen LogP contribution < -0.4 is 0 Å². The third kappa shape index (κ3) is 4.60. The fraction of sp³-hybridized carbons (Fsp3) is 0.933. The normalized spacial score (nSPS) is 24.6. The number of rotatable bonds is 4. The summed E-state index contributed by atoms with van der Waals surface area (Å²) in [6.45, 7) is 11.0. The Morgan fingerprint density at radius 2 is 1.61 bits per heavy atom. The predicted molar refractivity (Wildman–Crippen MR) is 72.2 cm³/mol. The van der Waals surface area contributed by atoms with Gasteiger partial charge in [0.15, 0.2) is 0 Å². The molecule has 1 N–H and O–H groups in total. The molecule has 1 aliphatic rings. The van der Waals surface area contributed by atoms with Gasteiger partial charge in [0.25, 0.3) is 0 Å². The molecule has 0 aromatic rings. The van der Waals surface area contributed by atoms with Gasteiger partial charge in [-0.25, -0.2) is 0 Å². The molecule has 106 valence electrons. The topological polar surface area (TPSA) is 46.5 Å². The van der Waals surface area contributed by atoms with Crippen molar-refractivity contribution in [2.75, 3.05) is 6.61 Å². The Labute approximate surface area is 111 Å². The molecular formula is C15H28O3. The molecule has 0 amide bonds. The van der Waals surface area contributed by atoms with E-state index in [0.29, 0.717) is 19.4 Å². The summed E-state index contributed by atoms with van der Waals surface area (Å²) < 4.78 is 4.93. The quantitative estimate of drug-likeness (QED) is 0.785. The summed E-state index contributed by atoms with van der Waals surface area (Å²) in [5, 5.41) is 10.8. The monoisotopic (exact) mass is 256 g/mol. The van der Waals surface area contributed by atoms with Crippen LogP contribution in [0, 0.1) is 10.8 Å². The molecule has 0 atom stereocenters. The molecule has 0 bridgehead atoms. The molecule has 1 saturated carbocycles. The number of hydrogen-bond donors (Lipinski definition) is 1. The smallest absolute Gasteiger partial charge is 0.305 e. The van der Waals surface area contributed by atoms with Crippen LogP contribution in [0.1, 0.15) is 66.7 Å². The first-order valence-corrected chi connectivity index (χ1v) is 6.96. The summed E-state index contributed by atoms with van der Waals surface area (Å²) in [4.78, 5) is 11.4. The van der Waals surface area contributed by atoms with E-state index in [-0.39, 0.29) is 16.8 Å². The van der Waals surface area contributed by atoms with Crippen LogP contribution in [0.25, 0.3) is 0 Å². The zero-order chi connectivity index (χ0) is 14.0. The lowest BCUT2D eigenvalue weighted by Crippen LogP contribution is -2.46. The standard InChI is InChI=1S/C15H28O3/c1-6-18-12(16)7-8-15(17)10-13(2,3)9-14(4,5)11-15/h17H,6-11H2,1-5H3. The van der Waals surface area contributed by atoms with Gasteiger partial charge in [-0.3, -0.25) is 4.79 Å². The van der Waals surface area contributed by atoms with Crippen molar-refractivity contribution in [2.24, 2.45) is 10.8 Å². The van der Waals surface area contributed by atoms with E-state index in [4.69, 9.17) is 4.74 Å². The van der Waals surface area contributed by atoms with Gasteiger partial charge < -0.3 is 9.84 Å². The summed E-state index contributed by atoms with van der Waals surface area (Å²) in [7, 11) is 0. The second kappa shape index (κ2) is 5.20. The maximum absolute atomic E-state index is 11.4. The highest BCUT2D eigenvalue weighted by Gasteiger charge is 2.46. The second-order valence-electron chi connectivity index (χ2n) is 7.39. The number of esters is 1. The van der Waals surface area contributed by atoms with E-state index < -0.39 is 5.60 Å². The number of ether oxygens (including phenoxy) is 1. The van der Waals surface area contributed by atoms with Gasteiger partial charge in [-0.05, 0) is 43.4 Å². The molecule has 0 spiro atoms. The molecule has 1 fully saturated rings. The molecule has 0 aliphatic heterocycles. The Kier molecular flexibility index (Phi) is 4.47. The maximum atomic E-state index is 11.4. The van der Waals surface area contributed by atoms with Crippen molar-refractivity contribution in [3.63, 3.8) is 0 Å². The van der Waals surface area contributed by atoms with Gasteiger partial charge in [-0.15, -0.1) is 0 Å². The highest BCUT2D eigenvalue weighted by atomic mass is 16.5. The predicted octanol–water partition coefficient (Wildman–Crippen LogP) is 3.30. The largest absolute Gasteiger partial charge is 0.466 e. The Morgan fingerprint density at radius 3 is 2.06 bits per heavy atom. The lowest BCUT2D eigenvalue weighted by atomic mass is 9.59. The minimum Gasteiger partial charge on any atom is -0.466 e. The lowest BCUT2D eigenvalue weighted by Gasteiger charge is -2.49. The summed E-state index contributed by atoms with van der Waals surface area (Å²) in [6, 6.07) is 0. The SMILES string of the molecule is CCOC(=O)CCC1(O)CC(C)(C)CC(C)(C)C1. The van der Waals surface area contributed by atoms with E-state index in [1.54, 1.807) is 6.92 Å². The molecular weight excluding hydrogens is 228 g/mol. The van der Waals surface area contributed by atoms with Crippen LogP contribution in [0.5, 0.6) is 0 Å². The van der Waals surface area contributed by atoms with Crippen molar-refractivity contribution < 1.29 is 14.6 Å². The third-order valence-electron chi connectivity index (χ3n) is 3.67. The summed E-state index contributed by atoms with van der Waals surface area (Å²) in [5.74, 6) is -0.202. The van der Waals surface area contributed by atoms with Crippen LogP contribution in [0.3, 0.4) is 0 Å². The van der Waals surface area contributed by atoms with E-state index in [9.17, 15) is 9.90 Å². The van der Waals surface area contributed by atoms with Crippen LogP contribution in [0.4, 0.5) is 0 Å². The average Bonchev–Trinajstić information content (AvgIpc) is 2.09. The Balaban J connectivity index is 2.64. The number of carbonyl (C=O) groups excluding carboxylic acids is 1. The second-order valence-corrected chi connectivity index (χ2v) is 7.39. The highest BCUT2D eigenvalue weighted by molar-refractivity contribution is 5.69.